The first-order valence-corrected chi connectivity index (χ1v) is 11.2. The van der Waals surface area contributed by atoms with Crippen molar-refractivity contribution >= 4 is 22.4 Å². The molecule has 3 aromatic carbocycles. The van der Waals surface area contributed by atoms with Crippen LogP contribution in [0, 0.1) is 11.7 Å². The molecule has 1 aliphatic heterocycles. The summed E-state index contributed by atoms with van der Waals surface area (Å²) < 4.78 is 32.1. The zero-order chi connectivity index (χ0) is 21.6. The molecule has 0 radical (unpaired) electrons. The number of hydrogen-bond donors (Lipinski definition) is 0. The third kappa shape index (κ3) is 5.64. The lowest BCUT2D eigenvalue weighted by atomic mass is 9.98. The molecule has 0 aromatic heterocycles. The molecule has 0 N–H and O–H groups in total. The van der Waals surface area contributed by atoms with Gasteiger partial charge in [-0.3, -0.25) is 0 Å². The first-order chi connectivity index (χ1) is 15.1. The number of rotatable bonds is 8. The van der Waals surface area contributed by atoms with E-state index in [1.165, 1.54) is 0 Å². The Balaban J connectivity index is 1.41. The second-order valence-electron chi connectivity index (χ2n) is 8.15. The SMILES string of the molecule is COCCCC1COC(c2ccc3c(F)c(CCc4ccc(Cl)cc4)ccc3c2)OC1. The van der Waals surface area contributed by atoms with Crippen LogP contribution in [0.3, 0.4) is 0 Å². The fourth-order valence-corrected chi connectivity index (χ4v) is 4.17. The van der Waals surface area contributed by atoms with Crippen molar-refractivity contribution in [2.75, 3.05) is 26.9 Å². The van der Waals surface area contributed by atoms with Gasteiger partial charge in [-0.25, -0.2) is 4.39 Å². The Morgan fingerprint density at radius 1 is 1.00 bits per heavy atom. The summed E-state index contributed by atoms with van der Waals surface area (Å²) in [5.74, 6) is 0.245. The molecule has 0 saturated carbocycles. The van der Waals surface area contributed by atoms with Crippen molar-refractivity contribution in [2.24, 2.45) is 5.92 Å². The second kappa shape index (κ2) is 10.6. The van der Waals surface area contributed by atoms with Crippen molar-refractivity contribution in [2.45, 2.75) is 32.0 Å². The fraction of sp³-hybridized carbons (Fsp3) is 0.385. The topological polar surface area (TPSA) is 27.7 Å². The summed E-state index contributed by atoms with van der Waals surface area (Å²) in [7, 11) is 1.72. The highest BCUT2D eigenvalue weighted by Crippen LogP contribution is 2.30. The standard InChI is InChI=1S/C26H28ClFO3/c1-29-14-2-3-19-16-30-26(31-17-19)22-10-13-24-21(15-22)9-8-20(25(24)28)7-4-18-5-11-23(27)12-6-18/h5-6,8-13,15,19,26H,2-4,7,14,16-17H2,1H3. The number of aryl methyl sites for hydroxylation is 2. The molecular formula is C26H28ClFO3. The van der Waals surface area contributed by atoms with E-state index >= 15 is 4.39 Å². The van der Waals surface area contributed by atoms with Crippen molar-refractivity contribution < 1.29 is 18.6 Å². The van der Waals surface area contributed by atoms with E-state index < -0.39 is 6.29 Å². The van der Waals surface area contributed by atoms with Crippen LogP contribution in [-0.4, -0.2) is 26.9 Å². The average Bonchev–Trinajstić information content (AvgIpc) is 2.80. The van der Waals surface area contributed by atoms with Crippen LogP contribution >= 0.6 is 11.6 Å². The van der Waals surface area contributed by atoms with Crippen LogP contribution in [0.2, 0.25) is 5.02 Å². The molecule has 3 aromatic rings. The molecule has 1 fully saturated rings. The van der Waals surface area contributed by atoms with Gasteiger partial charge >= 0.3 is 0 Å². The van der Waals surface area contributed by atoms with E-state index in [0.717, 1.165) is 47.9 Å². The van der Waals surface area contributed by atoms with Crippen molar-refractivity contribution in [1.29, 1.82) is 0 Å². The number of halogens is 2. The zero-order valence-electron chi connectivity index (χ0n) is 17.8. The maximum Gasteiger partial charge on any atom is 0.183 e. The van der Waals surface area contributed by atoms with E-state index in [2.05, 4.69) is 0 Å². The summed E-state index contributed by atoms with van der Waals surface area (Å²) in [5, 5.41) is 2.20. The van der Waals surface area contributed by atoms with Crippen LogP contribution in [-0.2, 0) is 27.1 Å². The minimum Gasteiger partial charge on any atom is -0.385 e. The van der Waals surface area contributed by atoms with E-state index in [-0.39, 0.29) is 5.82 Å². The predicted octanol–water partition coefficient (Wildman–Crippen LogP) is 6.51. The van der Waals surface area contributed by atoms with Gasteiger partial charge in [0.05, 0.1) is 13.2 Å². The second-order valence-corrected chi connectivity index (χ2v) is 8.58. The van der Waals surface area contributed by atoms with Gasteiger partial charge in [0.25, 0.3) is 0 Å². The summed E-state index contributed by atoms with van der Waals surface area (Å²) in [6.45, 7) is 2.10. The van der Waals surface area contributed by atoms with Crippen LogP contribution in [0.25, 0.3) is 10.8 Å². The Labute approximate surface area is 188 Å². The van der Waals surface area contributed by atoms with Gasteiger partial charge in [0.1, 0.15) is 5.82 Å². The fourth-order valence-electron chi connectivity index (χ4n) is 4.04. The van der Waals surface area contributed by atoms with Gasteiger partial charge < -0.3 is 14.2 Å². The summed E-state index contributed by atoms with van der Waals surface area (Å²) in [6.07, 6.45) is 3.06. The first kappa shape index (κ1) is 22.2. The maximum absolute atomic E-state index is 15.1. The van der Waals surface area contributed by atoms with Gasteiger partial charge in [-0.05, 0) is 60.4 Å². The molecule has 3 nitrogen and oxygen atoms in total. The largest absolute Gasteiger partial charge is 0.385 e. The third-order valence-electron chi connectivity index (χ3n) is 5.85. The summed E-state index contributed by atoms with van der Waals surface area (Å²) in [4.78, 5) is 0. The monoisotopic (exact) mass is 442 g/mol. The molecule has 164 valence electrons. The molecule has 0 bridgehead atoms. The van der Waals surface area contributed by atoms with Gasteiger partial charge in [0.2, 0.25) is 0 Å². The molecule has 1 aliphatic rings. The maximum atomic E-state index is 15.1. The van der Waals surface area contributed by atoms with Crippen LogP contribution < -0.4 is 0 Å². The minimum atomic E-state index is -0.393. The lowest BCUT2D eigenvalue weighted by Crippen LogP contribution is -2.27. The molecule has 4 rings (SSSR count). The van der Waals surface area contributed by atoms with E-state index in [4.69, 9.17) is 25.8 Å². The van der Waals surface area contributed by atoms with Crippen LogP contribution in [0.4, 0.5) is 4.39 Å². The highest BCUT2D eigenvalue weighted by Gasteiger charge is 2.23. The minimum absolute atomic E-state index is 0.151. The average molecular weight is 443 g/mol. The number of methoxy groups -OCH3 is 1. The molecule has 0 aliphatic carbocycles. The molecule has 1 saturated heterocycles. The van der Waals surface area contributed by atoms with Gasteiger partial charge in [-0.1, -0.05) is 48.0 Å². The summed E-state index contributed by atoms with van der Waals surface area (Å²) in [5.41, 5.74) is 2.79. The number of fused-ring (bicyclic) bond motifs is 1. The molecule has 0 atom stereocenters. The van der Waals surface area contributed by atoms with E-state index in [1.807, 2.05) is 54.6 Å². The smallest absolute Gasteiger partial charge is 0.183 e. The van der Waals surface area contributed by atoms with Gasteiger partial charge in [0, 0.05) is 35.6 Å². The van der Waals surface area contributed by atoms with Crippen LogP contribution in [0.5, 0.6) is 0 Å². The van der Waals surface area contributed by atoms with Crippen molar-refractivity contribution in [3.63, 3.8) is 0 Å². The van der Waals surface area contributed by atoms with Crippen LogP contribution in [0.1, 0.15) is 35.8 Å². The molecule has 31 heavy (non-hydrogen) atoms. The molecule has 0 unspecified atom stereocenters. The first-order valence-electron chi connectivity index (χ1n) is 10.8. The Bertz CT molecular complexity index is 997. The molecule has 0 spiro atoms. The summed E-state index contributed by atoms with van der Waals surface area (Å²) >= 11 is 5.94. The molecule has 0 amide bonds. The lowest BCUT2D eigenvalue weighted by molar-refractivity contribution is -0.206. The lowest BCUT2D eigenvalue weighted by Gasteiger charge is -2.29. The number of ether oxygens (including phenoxy) is 3. The Morgan fingerprint density at radius 3 is 2.52 bits per heavy atom. The highest BCUT2D eigenvalue weighted by molar-refractivity contribution is 6.30. The normalized spacial score (nSPS) is 19.1. The molecule has 1 heterocycles. The summed E-state index contributed by atoms with van der Waals surface area (Å²) in [6, 6.07) is 17.3. The zero-order valence-corrected chi connectivity index (χ0v) is 18.5. The molecule has 5 heteroatoms. The highest BCUT2D eigenvalue weighted by atomic mass is 35.5. The number of hydrogen-bond acceptors (Lipinski definition) is 3. The van der Waals surface area contributed by atoms with Gasteiger partial charge in [-0.2, -0.15) is 0 Å². The van der Waals surface area contributed by atoms with E-state index in [0.29, 0.717) is 36.0 Å². The quantitative estimate of drug-likeness (QED) is 0.372. The Morgan fingerprint density at radius 2 is 1.77 bits per heavy atom. The Kier molecular flexibility index (Phi) is 7.57. The molecular weight excluding hydrogens is 415 g/mol. The van der Waals surface area contributed by atoms with Crippen molar-refractivity contribution in [3.8, 4) is 0 Å². The van der Waals surface area contributed by atoms with Crippen molar-refractivity contribution in [3.05, 3.63) is 82.1 Å². The van der Waals surface area contributed by atoms with Gasteiger partial charge in [0.15, 0.2) is 6.29 Å². The third-order valence-corrected chi connectivity index (χ3v) is 6.11. The Hall–Kier alpha value is -1.98. The van der Waals surface area contributed by atoms with Gasteiger partial charge in [-0.15, -0.1) is 0 Å². The predicted molar refractivity (Wildman–Crippen MR) is 122 cm³/mol. The van der Waals surface area contributed by atoms with Crippen LogP contribution in [0.15, 0.2) is 54.6 Å². The van der Waals surface area contributed by atoms with E-state index in [9.17, 15) is 0 Å². The number of benzene rings is 3. The van der Waals surface area contributed by atoms with Crippen molar-refractivity contribution in [1.82, 2.24) is 0 Å². The van der Waals surface area contributed by atoms with E-state index in [1.54, 1.807) is 7.11 Å².